The number of amides is 1. The molecule has 0 saturated carbocycles. The molecular weight excluding hydrogens is 296 g/mol. The van der Waals surface area contributed by atoms with Crippen molar-refractivity contribution >= 4 is 11.9 Å². The molecule has 1 rings (SSSR count). The summed E-state index contributed by atoms with van der Waals surface area (Å²) in [5.74, 6) is -3.16. The average Bonchev–Trinajstić information content (AvgIpc) is 2.41. The number of carboxylic acids is 1. The highest BCUT2D eigenvalue weighted by molar-refractivity contribution is 5.78. The number of nitrogens with zero attached hydrogens (tertiary/aromatic N) is 1. The summed E-state index contributed by atoms with van der Waals surface area (Å²) in [6, 6.07) is 2.79. The molecule has 1 N–H and O–H groups in total. The lowest BCUT2D eigenvalue weighted by molar-refractivity contribution is -0.139. The zero-order valence-electron chi connectivity index (χ0n) is 12.5. The molecule has 0 atom stereocenters. The second kappa shape index (κ2) is 8.31. The van der Waals surface area contributed by atoms with Crippen LogP contribution in [0.5, 0.6) is 5.75 Å². The molecule has 0 unspecified atom stereocenters. The highest BCUT2D eigenvalue weighted by Crippen LogP contribution is 2.17. The Bertz CT molecular complexity index is 534. The van der Waals surface area contributed by atoms with Crippen LogP contribution < -0.4 is 4.74 Å². The van der Waals surface area contributed by atoms with Crippen LogP contribution in [0.4, 0.5) is 8.78 Å². The van der Waals surface area contributed by atoms with Crippen LogP contribution in [0.3, 0.4) is 0 Å². The van der Waals surface area contributed by atoms with Crippen molar-refractivity contribution in [3.63, 3.8) is 0 Å². The van der Waals surface area contributed by atoms with Crippen molar-refractivity contribution in [2.24, 2.45) is 5.92 Å². The third-order valence-corrected chi connectivity index (χ3v) is 2.78. The van der Waals surface area contributed by atoms with Crippen molar-refractivity contribution in [3.05, 3.63) is 29.8 Å². The quantitative estimate of drug-likeness (QED) is 0.799. The highest BCUT2D eigenvalue weighted by Gasteiger charge is 2.17. The van der Waals surface area contributed by atoms with Gasteiger partial charge in [0.2, 0.25) is 0 Å². The zero-order valence-corrected chi connectivity index (χ0v) is 12.5. The van der Waals surface area contributed by atoms with Gasteiger partial charge in [-0.05, 0) is 18.1 Å². The first-order chi connectivity index (χ1) is 10.3. The second-order valence-electron chi connectivity index (χ2n) is 5.24. The summed E-state index contributed by atoms with van der Waals surface area (Å²) in [6.45, 7) is 3.78. The van der Waals surface area contributed by atoms with Gasteiger partial charge in [0, 0.05) is 19.2 Å². The van der Waals surface area contributed by atoms with E-state index in [2.05, 4.69) is 0 Å². The maximum atomic E-state index is 13.4. The Labute approximate surface area is 127 Å². The number of carbonyl (C=O) groups is 2. The molecule has 22 heavy (non-hydrogen) atoms. The van der Waals surface area contributed by atoms with Crippen LogP contribution in [0.1, 0.15) is 20.3 Å². The van der Waals surface area contributed by atoms with Gasteiger partial charge >= 0.3 is 5.97 Å². The van der Waals surface area contributed by atoms with Crippen molar-refractivity contribution in [2.75, 3.05) is 19.7 Å². The van der Waals surface area contributed by atoms with Crippen LogP contribution in [0, 0.1) is 17.6 Å². The maximum Gasteiger partial charge on any atom is 0.305 e. The fourth-order valence-corrected chi connectivity index (χ4v) is 1.81. The Morgan fingerprint density at radius 1 is 1.32 bits per heavy atom. The van der Waals surface area contributed by atoms with Gasteiger partial charge in [-0.25, -0.2) is 8.78 Å². The molecular formula is C15H19F2NO4. The van der Waals surface area contributed by atoms with Gasteiger partial charge in [-0.15, -0.1) is 0 Å². The molecule has 0 bridgehead atoms. The normalized spacial score (nSPS) is 10.6. The highest BCUT2D eigenvalue weighted by atomic mass is 19.1. The Kier molecular flexibility index (Phi) is 6.75. The van der Waals surface area contributed by atoms with E-state index >= 15 is 0 Å². The molecule has 0 aliphatic carbocycles. The third kappa shape index (κ3) is 6.07. The molecule has 1 amide bonds. The number of rotatable bonds is 8. The second-order valence-corrected chi connectivity index (χ2v) is 5.24. The average molecular weight is 315 g/mol. The maximum absolute atomic E-state index is 13.4. The van der Waals surface area contributed by atoms with E-state index in [-0.39, 0.29) is 24.6 Å². The smallest absolute Gasteiger partial charge is 0.305 e. The first-order valence-electron chi connectivity index (χ1n) is 6.87. The van der Waals surface area contributed by atoms with Gasteiger partial charge in [0.05, 0.1) is 6.42 Å². The molecule has 0 fully saturated rings. The topological polar surface area (TPSA) is 66.8 Å². The third-order valence-electron chi connectivity index (χ3n) is 2.78. The fourth-order valence-electron chi connectivity index (χ4n) is 1.81. The predicted molar refractivity (Wildman–Crippen MR) is 75.5 cm³/mol. The number of halogens is 2. The largest absolute Gasteiger partial charge is 0.481 e. The van der Waals surface area contributed by atoms with Crippen LogP contribution in [-0.2, 0) is 9.59 Å². The SMILES string of the molecule is CC(C)CN(CCC(=O)O)C(=O)COc1ccc(F)cc1F. The summed E-state index contributed by atoms with van der Waals surface area (Å²) in [5.41, 5.74) is 0. The van der Waals surface area contributed by atoms with Gasteiger partial charge < -0.3 is 14.7 Å². The standard InChI is InChI=1S/C15H19F2NO4/c1-10(2)8-18(6-5-15(20)21)14(19)9-22-13-4-3-11(16)7-12(13)17/h3-4,7,10H,5-6,8-9H2,1-2H3,(H,20,21). The molecule has 0 radical (unpaired) electrons. The van der Waals surface area contributed by atoms with E-state index in [1.807, 2.05) is 13.8 Å². The van der Waals surface area contributed by atoms with Gasteiger partial charge in [0.25, 0.3) is 5.91 Å². The predicted octanol–water partition coefficient (Wildman–Crippen LogP) is 2.30. The minimum absolute atomic E-state index is 0.0571. The van der Waals surface area contributed by atoms with Crippen LogP contribution in [-0.4, -0.2) is 41.6 Å². The summed E-state index contributed by atoms with van der Waals surface area (Å²) in [6.07, 6.45) is -0.177. The van der Waals surface area contributed by atoms with Gasteiger partial charge in [0.1, 0.15) is 5.82 Å². The van der Waals surface area contributed by atoms with E-state index < -0.39 is 30.1 Å². The molecule has 5 nitrogen and oxygen atoms in total. The monoisotopic (exact) mass is 315 g/mol. The fraction of sp³-hybridized carbons (Fsp3) is 0.467. The first-order valence-corrected chi connectivity index (χ1v) is 6.87. The van der Waals surface area contributed by atoms with Crippen LogP contribution >= 0.6 is 0 Å². The van der Waals surface area contributed by atoms with Crippen LogP contribution in [0.2, 0.25) is 0 Å². The number of benzene rings is 1. The Balaban J connectivity index is 2.63. The molecule has 7 heteroatoms. The number of aliphatic carboxylic acids is 1. The molecule has 0 aliphatic heterocycles. The molecule has 0 spiro atoms. The van der Waals surface area contributed by atoms with Crippen LogP contribution in [0.25, 0.3) is 0 Å². The van der Waals surface area contributed by atoms with Gasteiger partial charge in [-0.3, -0.25) is 9.59 Å². The summed E-state index contributed by atoms with van der Waals surface area (Å²) in [5, 5.41) is 8.69. The van der Waals surface area contributed by atoms with E-state index in [9.17, 15) is 18.4 Å². The van der Waals surface area contributed by atoms with Crippen molar-refractivity contribution in [1.29, 1.82) is 0 Å². The zero-order chi connectivity index (χ0) is 16.7. The molecule has 122 valence electrons. The van der Waals surface area contributed by atoms with Gasteiger partial charge in [-0.1, -0.05) is 13.8 Å². The van der Waals surface area contributed by atoms with Crippen molar-refractivity contribution < 1.29 is 28.2 Å². The van der Waals surface area contributed by atoms with E-state index in [1.54, 1.807) is 0 Å². The summed E-state index contributed by atoms with van der Waals surface area (Å²) >= 11 is 0. The first kappa shape index (κ1) is 17.9. The lowest BCUT2D eigenvalue weighted by Gasteiger charge is -2.24. The number of hydrogen-bond donors (Lipinski definition) is 1. The Hall–Kier alpha value is -2.18. The van der Waals surface area contributed by atoms with Crippen LogP contribution in [0.15, 0.2) is 18.2 Å². The molecule has 0 saturated heterocycles. The number of ether oxygens (including phenoxy) is 1. The van der Waals surface area contributed by atoms with Crippen molar-refractivity contribution in [3.8, 4) is 5.75 Å². The van der Waals surface area contributed by atoms with E-state index in [1.165, 1.54) is 4.90 Å². The minimum atomic E-state index is -1.01. The van der Waals surface area contributed by atoms with Gasteiger partial charge in [-0.2, -0.15) is 0 Å². The molecule has 0 aromatic heterocycles. The van der Waals surface area contributed by atoms with E-state index in [0.29, 0.717) is 12.6 Å². The molecule has 0 aliphatic rings. The number of carbonyl (C=O) groups excluding carboxylic acids is 1. The van der Waals surface area contributed by atoms with Crippen molar-refractivity contribution in [1.82, 2.24) is 4.90 Å². The van der Waals surface area contributed by atoms with Gasteiger partial charge in [0.15, 0.2) is 18.2 Å². The molecule has 0 heterocycles. The van der Waals surface area contributed by atoms with E-state index in [0.717, 1.165) is 12.1 Å². The summed E-state index contributed by atoms with van der Waals surface area (Å²) in [4.78, 5) is 24.0. The lowest BCUT2D eigenvalue weighted by atomic mass is 10.2. The molecule has 1 aromatic carbocycles. The van der Waals surface area contributed by atoms with E-state index in [4.69, 9.17) is 9.84 Å². The summed E-state index contributed by atoms with van der Waals surface area (Å²) < 4.78 is 31.2. The molecule has 1 aromatic rings. The Morgan fingerprint density at radius 3 is 2.55 bits per heavy atom. The number of hydrogen-bond acceptors (Lipinski definition) is 3. The van der Waals surface area contributed by atoms with Crippen molar-refractivity contribution in [2.45, 2.75) is 20.3 Å². The minimum Gasteiger partial charge on any atom is -0.481 e. The summed E-state index contributed by atoms with van der Waals surface area (Å²) in [7, 11) is 0. The Morgan fingerprint density at radius 2 is 2.00 bits per heavy atom. The number of carboxylic acid groups (broad SMARTS) is 1. The lowest BCUT2D eigenvalue weighted by Crippen LogP contribution is -2.39.